The van der Waals surface area contributed by atoms with Crippen molar-refractivity contribution < 1.29 is 9.15 Å². The molecule has 0 amide bonds. The molecule has 0 bridgehead atoms. The van der Waals surface area contributed by atoms with Crippen LogP contribution in [0, 0.1) is 13.8 Å². The van der Waals surface area contributed by atoms with Crippen LogP contribution in [0.5, 0.6) is 5.75 Å². The molecule has 0 fully saturated rings. The van der Waals surface area contributed by atoms with Crippen LogP contribution < -0.4 is 10.5 Å². The van der Waals surface area contributed by atoms with Crippen molar-refractivity contribution in [2.45, 2.75) is 20.5 Å². The Kier molecular flexibility index (Phi) is 2.76. The largest absolute Gasteiger partial charge is 0.484 e. The Balaban J connectivity index is 2.07. The highest BCUT2D eigenvalue weighted by Crippen LogP contribution is 2.21. The van der Waals surface area contributed by atoms with Crippen molar-refractivity contribution in [1.82, 2.24) is 10.2 Å². The highest BCUT2D eigenvalue weighted by Gasteiger charge is 2.06. The van der Waals surface area contributed by atoms with Crippen molar-refractivity contribution in [3.05, 3.63) is 35.2 Å². The fraction of sp³-hybridized carbons (Fsp3) is 0.273. The smallest absolute Gasteiger partial charge is 0.312 e. The summed E-state index contributed by atoms with van der Waals surface area (Å²) in [5.41, 5.74) is 7.60. The first kappa shape index (κ1) is 10.5. The van der Waals surface area contributed by atoms with Crippen LogP contribution in [0.15, 0.2) is 22.6 Å². The lowest BCUT2D eigenvalue weighted by atomic mass is 10.1. The SMILES string of the molecule is Cc1cccc(OCc2nnc(N)o2)c1C. The van der Waals surface area contributed by atoms with Gasteiger partial charge in [0.05, 0.1) is 0 Å². The number of nitrogen functional groups attached to an aromatic ring is 1. The molecule has 0 aliphatic rings. The molecule has 2 aromatic rings. The van der Waals surface area contributed by atoms with E-state index in [0.29, 0.717) is 5.89 Å². The van der Waals surface area contributed by atoms with E-state index >= 15 is 0 Å². The van der Waals surface area contributed by atoms with Gasteiger partial charge in [0.2, 0.25) is 0 Å². The molecule has 0 spiro atoms. The number of aryl methyl sites for hydroxylation is 1. The van der Waals surface area contributed by atoms with Crippen LogP contribution in [0.2, 0.25) is 0 Å². The summed E-state index contributed by atoms with van der Waals surface area (Å²) in [7, 11) is 0. The Morgan fingerprint density at radius 2 is 2.12 bits per heavy atom. The molecule has 2 rings (SSSR count). The Morgan fingerprint density at radius 1 is 1.31 bits per heavy atom. The summed E-state index contributed by atoms with van der Waals surface area (Å²) in [6.45, 7) is 4.27. The second-order valence-electron chi connectivity index (χ2n) is 3.52. The third-order valence-corrected chi connectivity index (χ3v) is 2.39. The monoisotopic (exact) mass is 219 g/mol. The van der Waals surface area contributed by atoms with Gasteiger partial charge in [0, 0.05) is 0 Å². The fourth-order valence-corrected chi connectivity index (χ4v) is 1.34. The minimum absolute atomic E-state index is 0.0552. The highest BCUT2D eigenvalue weighted by molar-refractivity contribution is 5.38. The summed E-state index contributed by atoms with van der Waals surface area (Å²) >= 11 is 0. The number of hydrogen-bond acceptors (Lipinski definition) is 5. The van der Waals surface area contributed by atoms with Gasteiger partial charge in [-0.25, -0.2) is 0 Å². The van der Waals surface area contributed by atoms with Crippen LogP contribution in [-0.2, 0) is 6.61 Å². The van der Waals surface area contributed by atoms with E-state index < -0.39 is 0 Å². The van der Waals surface area contributed by atoms with Gasteiger partial charge < -0.3 is 14.9 Å². The molecule has 2 N–H and O–H groups in total. The maximum absolute atomic E-state index is 5.57. The van der Waals surface area contributed by atoms with E-state index in [2.05, 4.69) is 10.2 Å². The molecule has 5 nitrogen and oxygen atoms in total. The summed E-state index contributed by atoms with van der Waals surface area (Å²) in [4.78, 5) is 0. The number of ether oxygens (including phenoxy) is 1. The quantitative estimate of drug-likeness (QED) is 0.852. The van der Waals surface area contributed by atoms with Gasteiger partial charge in [-0.1, -0.05) is 17.2 Å². The molecule has 1 heterocycles. The van der Waals surface area contributed by atoms with Crippen LogP contribution in [0.3, 0.4) is 0 Å². The molecule has 0 radical (unpaired) electrons. The van der Waals surface area contributed by atoms with Gasteiger partial charge in [0.1, 0.15) is 5.75 Å². The summed E-state index contributed by atoms with van der Waals surface area (Å²) in [6, 6.07) is 5.94. The lowest BCUT2D eigenvalue weighted by Gasteiger charge is -2.08. The molecule has 0 aliphatic heterocycles. The molecule has 0 unspecified atom stereocenters. The first-order valence-corrected chi connectivity index (χ1v) is 4.93. The first-order valence-electron chi connectivity index (χ1n) is 4.93. The third kappa shape index (κ3) is 2.13. The standard InChI is InChI=1S/C11H13N3O2/c1-7-4-3-5-9(8(7)2)15-6-10-13-14-11(12)16-10/h3-5H,6H2,1-2H3,(H2,12,14). The first-order chi connectivity index (χ1) is 7.66. The number of hydrogen-bond donors (Lipinski definition) is 1. The summed E-state index contributed by atoms with van der Waals surface area (Å²) in [6.07, 6.45) is 0. The minimum atomic E-state index is 0.0552. The summed E-state index contributed by atoms with van der Waals surface area (Å²) < 4.78 is 10.6. The molecule has 0 saturated heterocycles. The molecular weight excluding hydrogens is 206 g/mol. The molecule has 0 atom stereocenters. The fourth-order valence-electron chi connectivity index (χ4n) is 1.34. The van der Waals surface area contributed by atoms with Crippen LogP contribution in [0.4, 0.5) is 6.01 Å². The van der Waals surface area contributed by atoms with Crippen molar-refractivity contribution in [2.75, 3.05) is 5.73 Å². The van der Waals surface area contributed by atoms with E-state index in [0.717, 1.165) is 11.3 Å². The molecule has 1 aromatic carbocycles. The van der Waals surface area contributed by atoms with E-state index in [1.165, 1.54) is 5.56 Å². The molecule has 16 heavy (non-hydrogen) atoms. The van der Waals surface area contributed by atoms with Crippen molar-refractivity contribution in [2.24, 2.45) is 0 Å². The van der Waals surface area contributed by atoms with Gasteiger partial charge >= 0.3 is 6.01 Å². The Bertz CT molecular complexity index is 494. The second-order valence-corrected chi connectivity index (χ2v) is 3.52. The highest BCUT2D eigenvalue weighted by atomic mass is 16.5. The molecule has 0 aliphatic carbocycles. The van der Waals surface area contributed by atoms with E-state index in [1.54, 1.807) is 0 Å². The molecule has 84 valence electrons. The summed E-state index contributed by atoms with van der Waals surface area (Å²) in [5.74, 6) is 1.19. The average molecular weight is 219 g/mol. The van der Waals surface area contributed by atoms with Crippen LogP contribution in [-0.4, -0.2) is 10.2 Å². The zero-order valence-electron chi connectivity index (χ0n) is 9.23. The predicted octanol–water partition coefficient (Wildman–Crippen LogP) is 1.85. The van der Waals surface area contributed by atoms with Crippen molar-refractivity contribution in [1.29, 1.82) is 0 Å². The number of anilines is 1. The number of rotatable bonds is 3. The summed E-state index contributed by atoms with van der Waals surface area (Å²) in [5, 5.41) is 7.27. The molecular formula is C11H13N3O2. The Morgan fingerprint density at radius 3 is 2.81 bits per heavy atom. The lowest BCUT2D eigenvalue weighted by molar-refractivity contribution is 0.263. The lowest BCUT2D eigenvalue weighted by Crippen LogP contribution is -1.98. The topological polar surface area (TPSA) is 74.2 Å². The molecule has 1 aromatic heterocycles. The van der Waals surface area contributed by atoms with Crippen LogP contribution in [0.1, 0.15) is 17.0 Å². The van der Waals surface area contributed by atoms with Gasteiger partial charge in [-0.3, -0.25) is 0 Å². The van der Waals surface area contributed by atoms with Gasteiger partial charge in [-0.15, -0.1) is 5.10 Å². The third-order valence-electron chi connectivity index (χ3n) is 2.39. The van der Waals surface area contributed by atoms with E-state index in [1.807, 2.05) is 32.0 Å². The Labute approximate surface area is 93.2 Å². The molecule has 5 heteroatoms. The van der Waals surface area contributed by atoms with E-state index in [4.69, 9.17) is 14.9 Å². The number of nitrogens with two attached hydrogens (primary N) is 1. The number of benzene rings is 1. The normalized spacial score (nSPS) is 10.4. The van der Waals surface area contributed by atoms with Crippen LogP contribution >= 0.6 is 0 Å². The maximum atomic E-state index is 5.57. The van der Waals surface area contributed by atoms with Crippen molar-refractivity contribution in [3.63, 3.8) is 0 Å². The van der Waals surface area contributed by atoms with Gasteiger partial charge in [0.25, 0.3) is 5.89 Å². The minimum Gasteiger partial charge on any atom is -0.484 e. The van der Waals surface area contributed by atoms with Crippen LogP contribution in [0.25, 0.3) is 0 Å². The second kappa shape index (κ2) is 4.22. The zero-order valence-corrected chi connectivity index (χ0v) is 9.23. The van der Waals surface area contributed by atoms with Crippen molar-refractivity contribution in [3.8, 4) is 5.75 Å². The number of aromatic nitrogens is 2. The van der Waals surface area contributed by atoms with Gasteiger partial charge in [-0.2, -0.15) is 0 Å². The Hall–Kier alpha value is -2.04. The predicted molar refractivity (Wildman–Crippen MR) is 59.0 cm³/mol. The van der Waals surface area contributed by atoms with E-state index in [-0.39, 0.29) is 12.6 Å². The van der Waals surface area contributed by atoms with Crippen molar-refractivity contribution >= 4 is 6.01 Å². The van der Waals surface area contributed by atoms with Gasteiger partial charge in [0.15, 0.2) is 6.61 Å². The van der Waals surface area contributed by atoms with Gasteiger partial charge in [-0.05, 0) is 31.0 Å². The zero-order chi connectivity index (χ0) is 11.5. The average Bonchev–Trinajstić information content (AvgIpc) is 2.67. The number of nitrogens with zero attached hydrogens (tertiary/aromatic N) is 2. The van der Waals surface area contributed by atoms with E-state index in [9.17, 15) is 0 Å². The molecule has 0 saturated carbocycles. The maximum Gasteiger partial charge on any atom is 0.312 e.